The smallest absolute Gasteiger partial charge is 0.199 e. The highest BCUT2D eigenvalue weighted by molar-refractivity contribution is 6.41. The summed E-state index contributed by atoms with van der Waals surface area (Å²) in [6.45, 7) is 4.30. The van der Waals surface area contributed by atoms with E-state index in [1.165, 1.54) is 12.4 Å². The predicted molar refractivity (Wildman–Crippen MR) is 150 cm³/mol. The molecule has 2 aliphatic rings. The number of ketones is 2. The second kappa shape index (κ2) is 8.46. The molecule has 7 rings (SSSR count). The SMILES string of the molecule is CC1(C)c2cc(N(c3ccccc3)c3ccccc3)ncc2-c2oc(/C=C3\C(=O)c4ccncc4C3=O)cc21. The summed E-state index contributed by atoms with van der Waals surface area (Å²) in [6, 6.07) is 26.0. The predicted octanol–water partition coefficient (Wildman–Crippen LogP) is 7.31. The van der Waals surface area contributed by atoms with Crippen LogP contribution in [0.4, 0.5) is 17.2 Å². The second-order valence-electron chi connectivity index (χ2n) is 10.2. The van der Waals surface area contributed by atoms with Crippen molar-refractivity contribution in [3.05, 3.63) is 131 Å². The molecule has 6 heteroatoms. The lowest BCUT2D eigenvalue weighted by molar-refractivity contribution is 0.0990. The molecule has 0 unspecified atom stereocenters. The maximum absolute atomic E-state index is 12.9. The third-order valence-corrected chi connectivity index (χ3v) is 7.58. The number of fused-ring (bicyclic) bond motifs is 4. The fourth-order valence-corrected chi connectivity index (χ4v) is 5.56. The van der Waals surface area contributed by atoms with Crippen LogP contribution in [0.25, 0.3) is 17.4 Å². The fourth-order valence-electron chi connectivity index (χ4n) is 5.56. The van der Waals surface area contributed by atoms with Gasteiger partial charge in [-0.2, -0.15) is 0 Å². The summed E-state index contributed by atoms with van der Waals surface area (Å²) in [4.78, 5) is 36.7. The molecule has 0 amide bonds. The van der Waals surface area contributed by atoms with Crippen molar-refractivity contribution < 1.29 is 14.0 Å². The lowest BCUT2D eigenvalue weighted by Crippen LogP contribution is -2.17. The van der Waals surface area contributed by atoms with E-state index in [2.05, 4.69) is 54.1 Å². The lowest BCUT2D eigenvalue weighted by atomic mass is 9.83. The second-order valence-corrected chi connectivity index (χ2v) is 10.2. The summed E-state index contributed by atoms with van der Waals surface area (Å²) in [6.07, 6.45) is 6.36. The van der Waals surface area contributed by atoms with Gasteiger partial charge in [0.2, 0.25) is 0 Å². The molecule has 3 aromatic heterocycles. The standard InChI is InChI=1S/C33H23N3O3/c1-33(2)27-17-29(36(20-9-5-3-6-10-20)21-11-7-4-8-12-21)35-19-26(27)32-28(33)16-22(39-32)15-24-30(37)23-13-14-34-18-25(23)31(24)38/h3-19H,1-2H3/b24-15+. The number of furan rings is 1. The molecule has 6 nitrogen and oxygen atoms in total. The minimum atomic E-state index is -0.377. The van der Waals surface area contributed by atoms with E-state index in [1.807, 2.05) is 48.7 Å². The molecule has 0 saturated heterocycles. The van der Waals surface area contributed by atoms with Crippen molar-refractivity contribution in [2.75, 3.05) is 4.90 Å². The average Bonchev–Trinajstić information content (AvgIpc) is 3.56. The van der Waals surface area contributed by atoms with E-state index in [1.54, 1.807) is 12.1 Å². The zero-order valence-electron chi connectivity index (χ0n) is 21.4. The number of aromatic nitrogens is 2. The molecule has 2 aliphatic carbocycles. The topological polar surface area (TPSA) is 76.3 Å². The van der Waals surface area contributed by atoms with E-state index >= 15 is 0 Å². The molecule has 0 atom stereocenters. The molecule has 0 radical (unpaired) electrons. The highest BCUT2D eigenvalue weighted by atomic mass is 16.3. The summed E-state index contributed by atoms with van der Waals surface area (Å²) in [5.41, 5.74) is 5.45. The Morgan fingerprint density at radius 3 is 2.10 bits per heavy atom. The Hall–Kier alpha value is -5.10. The Labute approximate surface area is 225 Å². The van der Waals surface area contributed by atoms with Gasteiger partial charge in [-0.15, -0.1) is 0 Å². The number of Topliss-reactive ketones (excluding diaryl/α,β-unsaturated/α-hetero) is 2. The van der Waals surface area contributed by atoms with Crippen molar-refractivity contribution in [2.45, 2.75) is 19.3 Å². The number of hydrogen-bond acceptors (Lipinski definition) is 6. The molecule has 0 spiro atoms. The number of hydrogen-bond donors (Lipinski definition) is 0. The van der Waals surface area contributed by atoms with Crippen LogP contribution in [0.2, 0.25) is 0 Å². The van der Waals surface area contributed by atoms with Crippen molar-refractivity contribution in [1.29, 1.82) is 0 Å². The number of anilines is 3. The molecule has 5 aromatic rings. The molecule has 0 fully saturated rings. The van der Waals surface area contributed by atoms with E-state index in [0.29, 0.717) is 22.6 Å². The van der Waals surface area contributed by atoms with Crippen LogP contribution in [-0.2, 0) is 5.41 Å². The Balaban J connectivity index is 1.30. The molecule has 2 aromatic carbocycles. The van der Waals surface area contributed by atoms with Crippen molar-refractivity contribution in [2.24, 2.45) is 0 Å². The number of carbonyl (C=O) groups is 2. The first-order valence-electron chi connectivity index (χ1n) is 12.7. The van der Waals surface area contributed by atoms with Gasteiger partial charge in [-0.1, -0.05) is 50.2 Å². The van der Waals surface area contributed by atoms with Gasteiger partial charge in [0.15, 0.2) is 11.6 Å². The average molecular weight is 510 g/mol. The van der Waals surface area contributed by atoms with E-state index in [4.69, 9.17) is 9.40 Å². The molecule has 188 valence electrons. The molecule has 0 saturated carbocycles. The first kappa shape index (κ1) is 23.0. The molecule has 39 heavy (non-hydrogen) atoms. The third kappa shape index (κ3) is 3.49. The van der Waals surface area contributed by atoms with Crippen LogP contribution in [0.1, 0.15) is 51.5 Å². The number of pyridine rings is 2. The normalized spacial score (nSPS) is 15.8. The fraction of sp³-hybridized carbons (Fsp3) is 0.0909. The van der Waals surface area contributed by atoms with Gasteiger partial charge in [0.1, 0.15) is 17.3 Å². The van der Waals surface area contributed by atoms with E-state index < -0.39 is 0 Å². The molecular weight excluding hydrogens is 486 g/mol. The molecule has 0 bridgehead atoms. The zero-order chi connectivity index (χ0) is 26.7. The number of para-hydroxylation sites is 2. The van der Waals surface area contributed by atoms with Crippen molar-refractivity contribution in [3.8, 4) is 11.3 Å². The maximum Gasteiger partial charge on any atom is 0.199 e. The van der Waals surface area contributed by atoms with Gasteiger partial charge in [-0.3, -0.25) is 19.5 Å². The number of nitrogens with zero attached hydrogens (tertiary/aromatic N) is 3. The minimum absolute atomic E-state index is 0.0956. The molecule has 0 N–H and O–H groups in total. The number of benzene rings is 2. The van der Waals surface area contributed by atoms with Crippen molar-refractivity contribution >= 4 is 34.8 Å². The summed E-state index contributed by atoms with van der Waals surface area (Å²) in [5, 5.41) is 0. The Kier molecular flexibility index (Phi) is 5.00. The highest BCUT2D eigenvalue weighted by Crippen LogP contribution is 2.51. The quantitative estimate of drug-likeness (QED) is 0.187. The van der Waals surface area contributed by atoms with Gasteiger partial charge >= 0.3 is 0 Å². The first-order valence-corrected chi connectivity index (χ1v) is 12.7. The van der Waals surface area contributed by atoms with Gasteiger partial charge < -0.3 is 4.42 Å². The maximum atomic E-state index is 12.9. The Morgan fingerprint density at radius 1 is 0.769 bits per heavy atom. The first-order chi connectivity index (χ1) is 18.9. The molecule has 0 aliphatic heterocycles. The Bertz CT molecular complexity index is 1740. The third-order valence-electron chi connectivity index (χ3n) is 7.58. The molecule has 3 heterocycles. The largest absolute Gasteiger partial charge is 0.456 e. The number of carbonyl (C=O) groups excluding carboxylic acids is 2. The van der Waals surface area contributed by atoms with Crippen molar-refractivity contribution in [1.82, 2.24) is 9.97 Å². The van der Waals surface area contributed by atoms with Crippen LogP contribution in [0.5, 0.6) is 0 Å². The summed E-state index contributed by atoms with van der Waals surface area (Å²) < 4.78 is 6.27. The Morgan fingerprint density at radius 2 is 1.44 bits per heavy atom. The number of rotatable bonds is 4. The summed E-state index contributed by atoms with van der Waals surface area (Å²) in [5.74, 6) is 1.36. The molecular formula is C33H23N3O3. The lowest BCUT2D eigenvalue weighted by Gasteiger charge is -2.26. The van der Waals surface area contributed by atoms with E-state index in [-0.39, 0.29) is 22.6 Å². The van der Waals surface area contributed by atoms with Crippen LogP contribution in [0.15, 0.2) is 107 Å². The van der Waals surface area contributed by atoms with Gasteiger partial charge in [-0.25, -0.2) is 4.98 Å². The van der Waals surface area contributed by atoms with Crippen LogP contribution < -0.4 is 4.90 Å². The van der Waals surface area contributed by atoms with Crippen LogP contribution in [-0.4, -0.2) is 21.5 Å². The van der Waals surface area contributed by atoms with Gasteiger partial charge in [0.25, 0.3) is 0 Å². The summed E-state index contributed by atoms with van der Waals surface area (Å²) in [7, 11) is 0. The van der Waals surface area contributed by atoms with Crippen LogP contribution in [0, 0.1) is 0 Å². The van der Waals surface area contributed by atoms with Gasteiger partial charge in [0, 0.05) is 52.1 Å². The van der Waals surface area contributed by atoms with Crippen LogP contribution in [0.3, 0.4) is 0 Å². The van der Waals surface area contributed by atoms with Gasteiger partial charge in [0.05, 0.1) is 11.1 Å². The minimum Gasteiger partial charge on any atom is -0.456 e. The van der Waals surface area contributed by atoms with Crippen molar-refractivity contribution in [3.63, 3.8) is 0 Å². The monoisotopic (exact) mass is 509 g/mol. The zero-order valence-corrected chi connectivity index (χ0v) is 21.4. The highest BCUT2D eigenvalue weighted by Gasteiger charge is 2.40. The number of allylic oxidation sites excluding steroid dienone is 1. The van der Waals surface area contributed by atoms with Crippen LogP contribution >= 0.6 is 0 Å². The van der Waals surface area contributed by atoms with Gasteiger partial charge in [-0.05, 0) is 54.1 Å². The van der Waals surface area contributed by atoms with E-state index in [9.17, 15) is 9.59 Å². The summed E-state index contributed by atoms with van der Waals surface area (Å²) >= 11 is 0. The van der Waals surface area contributed by atoms with E-state index in [0.717, 1.165) is 33.9 Å².